The predicted octanol–water partition coefficient (Wildman–Crippen LogP) is 1.74. The number of carbonyl (C=O) groups is 2. The zero-order valence-corrected chi connectivity index (χ0v) is 11.0. The zero-order valence-electron chi connectivity index (χ0n) is 11.0. The molecule has 5 heteroatoms. The molecule has 0 aliphatic carbocycles. The fraction of sp³-hybridized carbons (Fsp3) is 0.462. The molecule has 0 atom stereocenters. The Morgan fingerprint density at radius 2 is 2.00 bits per heavy atom. The van der Waals surface area contributed by atoms with Crippen LogP contribution in [0.2, 0.25) is 0 Å². The van der Waals surface area contributed by atoms with Crippen molar-refractivity contribution in [2.75, 3.05) is 20.7 Å². The molecule has 0 fully saturated rings. The SMILES string of the molecule is CCCCN(C)C(=O)c1cccc(C(=O)OC)n1. The summed E-state index contributed by atoms with van der Waals surface area (Å²) in [4.78, 5) is 29.0. The standard InChI is InChI=1S/C13H18N2O3/c1-4-5-9-15(2)12(16)10-7-6-8-11(14-10)13(17)18-3/h6-8H,4-5,9H2,1-3H3. The van der Waals surface area contributed by atoms with Gasteiger partial charge in [0.15, 0.2) is 0 Å². The highest BCUT2D eigenvalue weighted by molar-refractivity contribution is 5.94. The summed E-state index contributed by atoms with van der Waals surface area (Å²) >= 11 is 0. The Morgan fingerprint density at radius 1 is 1.33 bits per heavy atom. The van der Waals surface area contributed by atoms with E-state index in [4.69, 9.17) is 0 Å². The van der Waals surface area contributed by atoms with Crippen molar-refractivity contribution >= 4 is 11.9 Å². The van der Waals surface area contributed by atoms with Gasteiger partial charge in [-0.2, -0.15) is 0 Å². The molecule has 18 heavy (non-hydrogen) atoms. The minimum Gasteiger partial charge on any atom is -0.464 e. The van der Waals surface area contributed by atoms with E-state index in [0.29, 0.717) is 6.54 Å². The molecule has 0 radical (unpaired) electrons. The third kappa shape index (κ3) is 3.55. The number of pyridine rings is 1. The monoisotopic (exact) mass is 250 g/mol. The molecule has 1 amide bonds. The van der Waals surface area contributed by atoms with Crippen LogP contribution in [-0.4, -0.2) is 42.5 Å². The van der Waals surface area contributed by atoms with Crippen LogP contribution in [0.25, 0.3) is 0 Å². The summed E-state index contributed by atoms with van der Waals surface area (Å²) in [5.74, 6) is -0.727. The van der Waals surface area contributed by atoms with Crippen LogP contribution in [0.5, 0.6) is 0 Å². The molecule has 5 nitrogen and oxygen atoms in total. The summed E-state index contributed by atoms with van der Waals surface area (Å²) in [5, 5.41) is 0. The smallest absolute Gasteiger partial charge is 0.356 e. The minimum atomic E-state index is -0.541. The summed E-state index contributed by atoms with van der Waals surface area (Å²) in [5.41, 5.74) is 0.406. The van der Waals surface area contributed by atoms with Crippen molar-refractivity contribution in [1.29, 1.82) is 0 Å². The minimum absolute atomic E-state index is 0.146. The van der Waals surface area contributed by atoms with E-state index in [1.807, 2.05) is 0 Å². The lowest BCUT2D eigenvalue weighted by atomic mass is 10.2. The molecule has 0 N–H and O–H groups in total. The highest BCUT2D eigenvalue weighted by Crippen LogP contribution is 2.05. The maximum Gasteiger partial charge on any atom is 0.356 e. The number of methoxy groups -OCH3 is 1. The van der Waals surface area contributed by atoms with Crippen molar-refractivity contribution in [3.63, 3.8) is 0 Å². The van der Waals surface area contributed by atoms with E-state index >= 15 is 0 Å². The summed E-state index contributed by atoms with van der Waals surface area (Å²) in [7, 11) is 3.01. The fourth-order valence-electron chi connectivity index (χ4n) is 1.46. The molecule has 0 spiro atoms. The van der Waals surface area contributed by atoms with E-state index < -0.39 is 5.97 Å². The zero-order chi connectivity index (χ0) is 13.5. The Morgan fingerprint density at radius 3 is 2.61 bits per heavy atom. The van der Waals surface area contributed by atoms with E-state index in [1.165, 1.54) is 13.2 Å². The van der Waals surface area contributed by atoms with Crippen LogP contribution in [0.4, 0.5) is 0 Å². The molecule has 0 saturated heterocycles. The van der Waals surface area contributed by atoms with Crippen molar-refractivity contribution in [3.05, 3.63) is 29.6 Å². The number of carbonyl (C=O) groups excluding carboxylic acids is 2. The molecule has 1 aromatic heterocycles. The van der Waals surface area contributed by atoms with Gasteiger partial charge in [-0.3, -0.25) is 4.79 Å². The number of nitrogens with zero attached hydrogens (tertiary/aromatic N) is 2. The van der Waals surface area contributed by atoms with Gasteiger partial charge in [0.25, 0.3) is 5.91 Å². The molecule has 0 aliphatic rings. The second kappa shape index (κ2) is 6.74. The summed E-state index contributed by atoms with van der Waals surface area (Å²) in [6.45, 7) is 2.74. The van der Waals surface area contributed by atoms with Crippen LogP contribution in [0.3, 0.4) is 0 Å². The average Bonchev–Trinajstić information content (AvgIpc) is 2.43. The van der Waals surface area contributed by atoms with Crippen LogP contribution in [0, 0.1) is 0 Å². The molecule has 0 aliphatic heterocycles. The first-order chi connectivity index (χ1) is 8.60. The normalized spacial score (nSPS) is 9.94. The molecule has 1 aromatic rings. The Balaban J connectivity index is 2.83. The van der Waals surface area contributed by atoms with Crippen molar-refractivity contribution in [2.45, 2.75) is 19.8 Å². The third-order valence-corrected chi connectivity index (χ3v) is 2.56. The Hall–Kier alpha value is -1.91. The molecular formula is C13H18N2O3. The van der Waals surface area contributed by atoms with E-state index in [0.717, 1.165) is 12.8 Å². The van der Waals surface area contributed by atoms with Gasteiger partial charge < -0.3 is 9.64 Å². The molecule has 1 heterocycles. The first-order valence-electron chi connectivity index (χ1n) is 5.91. The number of hydrogen-bond acceptors (Lipinski definition) is 4. The number of ether oxygens (including phenoxy) is 1. The van der Waals surface area contributed by atoms with E-state index in [1.54, 1.807) is 24.1 Å². The van der Waals surface area contributed by atoms with Crippen molar-refractivity contribution in [3.8, 4) is 0 Å². The van der Waals surface area contributed by atoms with E-state index in [2.05, 4.69) is 16.6 Å². The number of hydrogen-bond donors (Lipinski definition) is 0. The summed E-state index contributed by atoms with van der Waals surface area (Å²) < 4.78 is 4.57. The van der Waals surface area contributed by atoms with Gasteiger partial charge >= 0.3 is 5.97 Å². The molecule has 0 bridgehead atoms. The molecule has 1 rings (SSSR count). The van der Waals surface area contributed by atoms with Crippen molar-refractivity contribution < 1.29 is 14.3 Å². The fourth-order valence-corrected chi connectivity index (χ4v) is 1.46. The van der Waals surface area contributed by atoms with Crippen molar-refractivity contribution in [2.24, 2.45) is 0 Å². The summed E-state index contributed by atoms with van der Waals surface area (Å²) in [6, 6.07) is 4.74. The highest BCUT2D eigenvalue weighted by atomic mass is 16.5. The maximum atomic E-state index is 12.0. The second-order valence-electron chi connectivity index (χ2n) is 3.98. The topological polar surface area (TPSA) is 59.5 Å². The highest BCUT2D eigenvalue weighted by Gasteiger charge is 2.15. The van der Waals surface area contributed by atoms with Gasteiger partial charge in [-0.15, -0.1) is 0 Å². The number of amides is 1. The largest absolute Gasteiger partial charge is 0.464 e. The first kappa shape index (κ1) is 14.2. The van der Waals surface area contributed by atoms with Crippen LogP contribution in [0.1, 0.15) is 40.7 Å². The lowest BCUT2D eigenvalue weighted by Gasteiger charge is -2.16. The molecule has 98 valence electrons. The molecule has 0 aromatic carbocycles. The predicted molar refractivity (Wildman–Crippen MR) is 67.4 cm³/mol. The van der Waals surface area contributed by atoms with Gasteiger partial charge in [0.2, 0.25) is 0 Å². The second-order valence-corrected chi connectivity index (χ2v) is 3.98. The quantitative estimate of drug-likeness (QED) is 0.747. The van der Waals surface area contributed by atoms with Gasteiger partial charge in [0.1, 0.15) is 11.4 Å². The van der Waals surface area contributed by atoms with Crippen LogP contribution in [0.15, 0.2) is 18.2 Å². The van der Waals surface area contributed by atoms with Gasteiger partial charge in [-0.25, -0.2) is 9.78 Å². The summed E-state index contributed by atoms with van der Waals surface area (Å²) in [6.07, 6.45) is 1.96. The van der Waals surface area contributed by atoms with Gasteiger partial charge in [0.05, 0.1) is 7.11 Å². The number of rotatable bonds is 5. The molecular weight excluding hydrogens is 232 g/mol. The van der Waals surface area contributed by atoms with Gasteiger partial charge in [-0.05, 0) is 18.6 Å². The Bertz CT molecular complexity index is 432. The average molecular weight is 250 g/mol. The lowest BCUT2D eigenvalue weighted by Crippen LogP contribution is -2.28. The van der Waals surface area contributed by atoms with Crippen molar-refractivity contribution in [1.82, 2.24) is 9.88 Å². The Labute approximate surface area is 107 Å². The molecule has 0 unspecified atom stereocenters. The Kier molecular flexibility index (Phi) is 5.30. The third-order valence-electron chi connectivity index (χ3n) is 2.56. The van der Waals surface area contributed by atoms with E-state index in [9.17, 15) is 9.59 Å². The van der Waals surface area contributed by atoms with Gasteiger partial charge in [-0.1, -0.05) is 19.4 Å². The van der Waals surface area contributed by atoms with Crippen LogP contribution in [-0.2, 0) is 4.74 Å². The van der Waals surface area contributed by atoms with Crippen LogP contribution >= 0.6 is 0 Å². The molecule has 0 saturated carbocycles. The first-order valence-corrected chi connectivity index (χ1v) is 5.91. The van der Waals surface area contributed by atoms with Gasteiger partial charge in [0, 0.05) is 13.6 Å². The number of unbranched alkanes of at least 4 members (excludes halogenated alkanes) is 1. The number of aromatic nitrogens is 1. The van der Waals surface area contributed by atoms with E-state index in [-0.39, 0.29) is 17.3 Å². The number of esters is 1. The van der Waals surface area contributed by atoms with Crippen LogP contribution < -0.4 is 0 Å². The lowest BCUT2D eigenvalue weighted by molar-refractivity contribution is 0.0593. The maximum absolute atomic E-state index is 12.0.